The molecular formula is C16H12Cl2FN7. The molecule has 7 nitrogen and oxygen atoms in total. The van der Waals surface area contributed by atoms with Gasteiger partial charge in [0.15, 0.2) is 16.0 Å². The first-order valence-electron chi connectivity index (χ1n) is 7.72. The van der Waals surface area contributed by atoms with Crippen LogP contribution in [0.5, 0.6) is 0 Å². The third-order valence-corrected chi connectivity index (χ3v) is 4.31. The number of halogens is 3. The predicted octanol–water partition coefficient (Wildman–Crippen LogP) is 4.22. The molecule has 0 spiro atoms. The summed E-state index contributed by atoms with van der Waals surface area (Å²) in [4.78, 5) is 8.69. The van der Waals surface area contributed by atoms with Crippen LogP contribution in [-0.4, -0.2) is 29.5 Å². The first-order chi connectivity index (χ1) is 12.5. The molecule has 26 heavy (non-hydrogen) atoms. The summed E-state index contributed by atoms with van der Waals surface area (Å²) in [5.41, 5.74) is 1.81. The van der Waals surface area contributed by atoms with E-state index < -0.39 is 0 Å². The average Bonchev–Trinajstić information content (AvgIpc) is 3.16. The Morgan fingerprint density at radius 1 is 1.12 bits per heavy atom. The largest absolute Gasteiger partial charge is 0.320 e. The summed E-state index contributed by atoms with van der Waals surface area (Å²) in [6, 6.07) is 5.91. The topological polar surface area (TPSA) is 73.5 Å². The third kappa shape index (κ3) is 2.97. The van der Waals surface area contributed by atoms with E-state index in [0.717, 1.165) is 0 Å². The highest BCUT2D eigenvalue weighted by atomic mass is 35.5. The second kappa shape index (κ2) is 6.54. The lowest BCUT2D eigenvalue weighted by Gasteiger charge is -2.03. The Morgan fingerprint density at radius 2 is 1.88 bits per heavy atom. The van der Waals surface area contributed by atoms with Crippen LogP contribution in [0, 0.1) is 5.82 Å². The average molecular weight is 392 g/mol. The van der Waals surface area contributed by atoms with E-state index in [9.17, 15) is 4.39 Å². The Bertz CT molecular complexity index is 1090. The summed E-state index contributed by atoms with van der Waals surface area (Å²) >= 11 is 12.3. The number of fused-ring (bicyclic) bond motifs is 1. The van der Waals surface area contributed by atoms with Crippen molar-refractivity contribution in [2.24, 2.45) is 0 Å². The minimum absolute atomic E-state index is 0.236. The number of hydrogen-bond donors (Lipinski definition) is 1. The van der Waals surface area contributed by atoms with E-state index in [-0.39, 0.29) is 11.0 Å². The number of rotatable bonds is 4. The molecule has 1 aromatic carbocycles. The normalized spacial score (nSPS) is 11.2. The van der Waals surface area contributed by atoms with Gasteiger partial charge in [-0.05, 0) is 31.2 Å². The zero-order valence-corrected chi connectivity index (χ0v) is 15.0. The molecular weight excluding hydrogens is 380 g/mol. The molecule has 0 aliphatic carbocycles. The van der Waals surface area contributed by atoms with Crippen molar-refractivity contribution >= 4 is 45.9 Å². The van der Waals surface area contributed by atoms with Crippen LogP contribution >= 0.6 is 23.2 Å². The van der Waals surface area contributed by atoms with Gasteiger partial charge in [-0.15, -0.1) is 0 Å². The number of nitrogens with zero attached hydrogens (tertiary/aromatic N) is 6. The van der Waals surface area contributed by atoms with Crippen LogP contribution < -0.4 is 5.32 Å². The zero-order chi connectivity index (χ0) is 18.3. The molecule has 4 rings (SSSR count). The predicted molar refractivity (Wildman–Crippen MR) is 97.8 cm³/mol. The minimum Gasteiger partial charge on any atom is -0.320 e. The molecule has 4 aromatic rings. The Balaban J connectivity index is 1.67. The molecule has 0 aliphatic heterocycles. The van der Waals surface area contributed by atoms with E-state index in [1.165, 1.54) is 16.8 Å². The minimum atomic E-state index is -0.321. The molecule has 0 fully saturated rings. The fourth-order valence-corrected chi connectivity index (χ4v) is 2.89. The van der Waals surface area contributed by atoms with Gasteiger partial charge in [-0.3, -0.25) is 0 Å². The van der Waals surface area contributed by atoms with E-state index in [1.54, 1.807) is 29.2 Å². The number of hydrogen-bond acceptors (Lipinski definition) is 5. The lowest BCUT2D eigenvalue weighted by atomic mass is 10.3. The van der Waals surface area contributed by atoms with E-state index in [1.807, 2.05) is 6.92 Å². The molecule has 10 heteroatoms. The summed E-state index contributed by atoms with van der Waals surface area (Å²) < 4.78 is 16.3. The van der Waals surface area contributed by atoms with Gasteiger partial charge in [-0.2, -0.15) is 15.2 Å². The van der Waals surface area contributed by atoms with Gasteiger partial charge in [0.2, 0.25) is 5.95 Å². The van der Waals surface area contributed by atoms with Crippen LogP contribution in [0.2, 0.25) is 10.3 Å². The SMILES string of the molecule is CCn1nc(Cl)c2cnc(Nc3cn(-c4ccc(F)cc4)nc3Cl)nc21. The fraction of sp³-hybridized carbons (Fsp3) is 0.125. The molecule has 1 N–H and O–H groups in total. The molecule has 0 saturated carbocycles. The Morgan fingerprint density at radius 3 is 2.62 bits per heavy atom. The monoisotopic (exact) mass is 391 g/mol. The summed E-state index contributed by atoms with van der Waals surface area (Å²) in [6.07, 6.45) is 3.28. The number of benzene rings is 1. The van der Waals surface area contributed by atoms with Crippen LogP contribution in [0.15, 0.2) is 36.7 Å². The summed E-state index contributed by atoms with van der Waals surface area (Å²) in [5.74, 6) is 0.0163. The van der Waals surface area contributed by atoms with Crippen molar-refractivity contribution in [3.8, 4) is 5.69 Å². The van der Waals surface area contributed by atoms with Crippen molar-refractivity contribution in [3.05, 3.63) is 52.8 Å². The van der Waals surface area contributed by atoms with Gasteiger partial charge in [-0.1, -0.05) is 23.2 Å². The van der Waals surface area contributed by atoms with E-state index >= 15 is 0 Å². The van der Waals surface area contributed by atoms with Gasteiger partial charge in [0, 0.05) is 12.7 Å². The van der Waals surface area contributed by atoms with Crippen LogP contribution in [-0.2, 0) is 6.54 Å². The summed E-state index contributed by atoms with van der Waals surface area (Å²) in [5, 5.41) is 12.7. The quantitative estimate of drug-likeness (QED) is 0.563. The summed E-state index contributed by atoms with van der Waals surface area (Å²) in [7, 11) is 0. The molecule has 3 heterocycles. The number of aryl methyl sites for hydroxylation is 1. The van der Waals surface area contributed by atoms with Gasteiger partial charge in [0.05, 0.1) is 23.0 Å². The summed E-state index contributed by atoms with van der Waals surface area (Å²) in [6.45, 7) is 2.57. The molecule has 0 amide bonds. The van der Waals surface area contributed by atoms with Crippen molar-refractivity contribution in [2.45, 2.75) is 13.5 Å². The third-order valence-electron chi connectivity index (χ3n) is 3.75. The maximum atomic E-state index is 13.1. The van der Waals surface area contributed by atoms with Gasteiger partial charge in [0.25, 0.3) is 0 Å². The molecule has 0 atom stereocenters. The second-order valence-electron chi connectivity index (χ2n) is 5.42. The van der Waals surface area contributed by atoms with E-state index in [0.29, 0.717) is 40.1 Å². The van der Waals surface area contributed by atoms with Gasteiger partial charge in [-0.25, -0.2) is 18.7 Å². The van der Waals surface area contributed by atoms with Crippen LogP contribution in [0.4, 0.5) is 16.0 Å². The Hall–Kier alpha value is -2.71. The molecule has 0 aliphatic rings. The number of aromatic nitrogens is 6. The van der Waals surface area contributed by atoms with Gasteiger partial charge < -0.3 is 5.32 Å². The van der Waals surface area contributed by atoms with Crippen molar-refractivity contribution in [3.63, 3.8) is 0 Å². The zero-order valence-electron chi connectivity index (χ0n) is 13.5. The van der Waals surface area contributed by atoms with Gasteiger partial charge >= 0.3 is 0 Å². The molecule has 132 valence electrons. The van der Waals surface area contributed by atoms with Crippen LogP contribution in [0.3, 0.4) is 0 Å². The lowest BCUT2D eigenvalue weighted by Crippen LogP contribution is -2.01. The second-order valence-corrected chi connectivity index (χ2v) is 6.13. The van der Waals surface area contributed by atoms with Crippen LogP contribution in [0.25, 0.3) is 16.7 Å². The lowest BCUT2D eigenvalue weighted by molar-refractivity contribution is 0.627. The standard InChI is InChI=1S/C16H12Cl2FN7/c1-2-25-15-11(13(17)23-25)7-20-16(22-15)21-12-8-26(24-14(12)18)10-5-3-9(19)4-6-10/h3-8H,2H2,1H3,(H,20,21,22). The van der Waals surface area contributed by atoms with Crippen molar-refractivity contribution in [1.29, 1.82) is 0 Å². The molecule has 0 bridgehead atoms. The van der Waals surface area contributed by atoms with Crippen molar-refractivity contribution < 1.29 is 4.39 Å². The number of nitrogens with one attached hydrogen (secondary N) is 1. The molecule has 0 unspecified atom stereocenters. The molecule has 0 saturated heterocycles. The number of anilines is 2. The maximum Gasteiger partial charge on any atom is 0.229 e. The molecule has 3 aromatic heterocycles. The van der Waals surface area contributed by atoms with E-state index in [2.05, 4.69) is 25.5 Å². The van der Waals surface area contributed by atoms with Crippen LogP contribution in [0.1, 0.15) is 6.92 Å². The van der Waals surface area contributed by atoms with Crippen molar-refractivity contribution in [1.82, 2.24) is 29.5 Å². The highest BCUT2D eigenvalue weighted by Crippen LogP contribution is 2.26. The van der Waals surface area contributed by atoms with Gasteiger partial charge in [0.1, 0.15) is 5.82 Å². The van der Waals surface area contributed by atoms with E-state index in [4.69, 9.17) is 23.2 Å². The molecule has 0 radical (unpaired) electrons. The smallest absolute Gasteiger partial charge is 0.229 e. The maximum absolute atomic E-state index is 13.1. The first-order valence-corrected chi connectivity index (χ1v) is 8.48. The Labute approximate surface area is 157 Å². The first kappa shape index (κ1) is 16.7. The highest BCUT2D eigenvalue weighted by Gasteiger charge is 2.13. The highest BCUT2D eigenvalue weighted by molar-refractivity contribution is 6.34. The Kier molecular flexibility index (Phi) is 4.21. The van der Waals surface area contributed by atoms with Crippen molar-refractivity contribution in [2.75, 3.05) is 5.32 Å². The fourth-order valence-electron chi connectivity index (χ4n) is 2.49.